The molecule has 0 amide bonds. The quantitative estimate of drug-likeness (QED) is 0.640. The summed E-state index contributed by atoms with van der Waals surface area (Å²) in [6.07, 6.45) is 0. The summed E-state index contributed by atoms with van der Waals surface area (Å²) in [6.45, 7) is 3.10. The van der Waals surface area contributed by atoms with Gasteiger partial charge in [-0.15, -0.1) is 0 Å². The number of hydrogen-bond donors (Lipinski definition) is 1. The number of nitro benzene ring substituents is 1. The number of nitro groups is 1. The van der Waals surface area contributed by atoms with E-state index in [4.69, 9.17) is 16.3 Å². The van der Waals surface area contributed by atoms with E-state index in [1.807, 2.05) is 31.2 Å². The molecular formula is C15H15ClN2O3. The molecule has 0 aliphatic heterocycles. The molecule has 21 heavy (non-hydrogen) atoms. The number of anilines is 1. The zero-order valence-corrected chi connectivity index (χ0v) is 12.3. The molecule has 0 spiro atoms. The smallest absolute Gasteiger partial charge is 0.271 e. The van der Waals surface area contributed by atoms with Gasteiger partial charge in [0, 0.05) is 18.7 Å². The van der Waals surface area contributed by atoms with Crippen molar-refractivity contribution in [2.24, 2.45) is 0 Å². The predicted octanol–water partition coefficient (Wildman–Crippen LogP) is 4.26. The first-order valence-electron chi connectivity index (χ1n) is 6.49. The van der Waals surface area contributed by atoms with Crippen molar-refractivity contribution < 1.29 is 9.66 Å². The molecule has 1 N–H and O–H groups in total. The molecule has 0 atom stereocenters. The van der Waals surface area contributed by atoms with Gasteiger partial charge >= 0.3 is 0 Å². The van der Waals surface area contributed by atoms with Crippen LogP contribution in [0.1, 0.15) is 12.5 Å². The number of rotatable bonds is 6. The SMILES string of the molecule is CCOc1cccc(CNc2ccc([N+](=O)[O-])cc2Cl)c1. The van der Waals surface area contributed by atoms with Gasteiger partial charge in [0.2, 0.25) is 0 Å². The number of ether oxygens (including phenoxy) is 1. The Morgan fingerprint density at radius 3 is 2.76 bits per heavy atom. The van der Waals surface area contributed by atoms with E-state index >= 15 is 0 Å². The standard InChI is InChI=1S/C15H15ClN2O3/c1-2-21-13-5-3-4-11(8-13)10-17-15-7-6-12(18(19)20)9-14(15)16/h3-9,17H,2,10H2,1H3. The third kappa shape index (κ3) is 4.10. The molecule has 0 bridgehead atoms. The minimum Gasteiger partial charge on any atom is -0.494 e. The maximum Gasteiger partial charge on any atom is 0.271 e. The Labute approximate surface area is 127 Å². The average molecular weight is 307 g/mol. The second-order valence-electron chi connectivity index (χ2n) is 4.36. The first-order chi connectivity index (χ1) is 10.1. The number of non-ortho nitro benzene ring substituents is 1. The summed E-state index contributed by atoms with van der Waals surface area (Å²) in [5.74, 6) is 0.812. The van der Waals surface area contributed by atoms with Crippen LogP contribution in [0.4, 0.5) is 11.4 Å². The van der Waals surface area contributed by atoms with Crippen molar-refractivity contribution >= 4 is 23.0 Å². The van der Waals surface area contributed by atoms with Crippen LogP contribution in [-0.4, -0.2) is 11.5 Å². The van der Waals surface area contributed by atoms with E-state index in [0.717, 1.165) is 11.3 Å². The van der Waals surface area contributed by atoms with Crippen molar-refractivity contribution in [3.05, 3.63) is 63.2 Å². The summed E-state index contributed by atoms with van der Waals surface area (Å²) < 4.78 is 5.44. The Morgan fingerprint density at radius 1 is 1.29 bits per heavy atom. The van der Waals surface area contributed by atoms with Crippen molar-refractivity contribution in [2.45, 2.75) is 13.5 Å². The van der Waals surface area contributed by atoms with Crippen molar-refractivity contribution in [2.75, 3.05) is 11.9 Å². The lowest BCUT2D eigenvalue weighted by molar-refractivity contribution is -0.384. The molecule has 0 unspecified atom stereocenters. The van der Waals surface area contributed by atoms with E-state index in [0.29, 0.717) is 23.9 Å². The summed E-state index contributed by atoms with van der Waals surface area (Å²) in [5.41, 5.74) is 1.67. The van der Waals surface area contributed by atoms with Gasteiger partial charge in [-0.2, -0.15) is 0 Å². The van der Waals surface area contributed by atoms with Gasteiger partial charge in [0.05, 0.1) is 22.2 Å². The molecule has 0 aliphatic carbocycles. The highest BCUT2D eigenvalue weighted by Crippen LogP contribution is 2.27. The van der Waals surface area contributed by atoms with Gasteiger partial charge in [-0.25, -0.2) is 0 Å². The van der Waals surface area contributed by atoms with Gasteiger partial charge < -0.3 is 10.1 Å². The normalized spacial score (nSPS) is 10.2. The lowest BCUT2D eigenvalue weighted by Crippen LogP contribution is -2.01. The van der Waals surface area contributed by atoms with Crippen LogP contribution in [0.15, 0.2) is 42.5 Å². The monoisotopic (exact) mass is 306 g/mol. The zero-order chi connectivity index (χ0) is 15.2. The number of nitrogens with one attached hydrogen (secondary N) is 1. The van der Waals surface area contributed by atoms with Crippen LogP contribution < -0.4 is 10.1 Å². The Morgan fingerprint density at radius 2 is 2.10 bits per heavy atom. The van der Waals surface area contributed by atoms with Crippen molar-refractivity contribution in [3.8, 4) is 5.75 Å². The Balaban J connectivity index is 2.06. The van der Waals surface area contributed by atoms with Crippen LogP contribution >= 0.6 is 11.6 Å². The van der Waals surface area contributed by atoms with Crippen molar-refractivity contribution in [3.63, 3.8) is 0 Å². The minimum absolute atomic E-state index is 0.0242. The molecule has 0 radical (unpaired) electrons. The summed E-state index contributed by atoms with van der Waals surface area (Å²) in [6, 6.07) is 12.1. The summed E-state index contributed by atoms with van der Waals surface area (Å²) in [7, 11) is 0. The van der Waals surface area contributed by atoms with E-state index in [-0.39, 0.29) is 5.69 Å². The maximum atomic E-state index is 10.7. The second-order valence-corrected chi connectivity index (χ2v) is 4.76. The van der Waals surface area contributed by atoms with Crippen LogP contribution in [0.3, 0.4) is 0 Å². The number of hydrogen-bond acceptors (Lipinski definition) is 4. The van der Waals surface area contributed by atoms with Crippen LogP contribution in [-0.2, 0) is 6.54 Å². The van der Waals surface area contributed by atoms with Gasteiger partial charge in [0.25, 0.3) is 5.69 Å². The van der Waals surface area contributed by atoms with E-state index < -0.39 is 4.92 Å². The lowest BCUT2D eigenvalue weighted by atomic mass is 10.2. The molecule has 0 aliphatic rings. The fourth-order valence-corrected chi connectivity index (χ4v) is 2.11. The molecule has 0 heterocycles. The number of nitrogens with zero attached hydrogens (tertiary/aromatic N) is 1. The van der Waals surface area contributed by atoms with E-state index in [1.165, 1.54) is 12.1 Å². The molecule has 0 saturated heterocycles. The van der Waals surface area contributed by atoms with Crippen LogP contribution in [0.25, 0.3) is 0 Å². The summed E-state index contributed by atoms with van der Waals surface area (Å²) >= 11 is 6.03. The van der Waals surface area contributed by atoms with Gasteiger partial charge in [0.1, 0.15) is 5.75 Å². The third-order valence-electron chi connectivity index (χ3n) is 2.86. The molecule has 5 nitrogen and oxygen atoms in total. The third-order valence-corrected chi connectivity index (χ3v) is 3.17. The van der Waals surface area contributed by atoms with Crippen molar-refractivity contribution in [1.29, 1.82) is 0 Å². The zero-order valence-electron chi connectivity index (χ0n) is 11.5. The van der Waals surface area contributed by atoms with E-state index in [1.54, 1.807) is 6.07 Å². The van der Waals surface area contributed by atoms with Gasteiger partial charge in [-0.05, 0) is 30.7 Å². The van der Waals surface area contributed by atoms with Crippen LogP contribution in [0, 0.1) is 10.1 Å². The number of halogens is 1. The molecule has 2 aromatic rings. The average Bonchev–Trinajstić information content (AvgIpc) is 2.46. The molecular weight excluding hydrogens is 292 g/mol. The topological polar surface area (TPSA) is 64.4 Å². The van der Waals surface area contributed by atoms with Crippen molar-refractivity contribution in [1.82, 2.24) is 0 Å². The highest BCUT2D eigenvalue weighted by molar-refractivity contribution is 6.33. The van der Waals surface area contributed by atoms with Gasteiger partial charge in [-0.3, -0.25) is 10.1 Å². The van der Waals surface area contributed by atoms with Crippen LogP contribution in [0.5, 0.6) is 5.75 Å². The maximum absolute atomic E-state index is 10.7. The first kappa shape index (κ1) is 15.1. The predicted molar refractivity (Wildman–Crippen MR) is 83.0 cm³/mol. The fraction of sp³-hybridized carbons (Fsp3) is 0.200. The highest BCUT2D eigenvalue weighted by atomic mass is 35.5. The highest BCUT2D eigenvalue weighted by Gasteiger charge is 2.09. The Kier molecular flexibility index (Phi) is 5.00. The Hall–Kier alpha value is -2.27. The molecule has 2 rings (SSSR count). The molecule has 0 fully saturated rings. The lowest BCUT2D eigenvalue weighted by Gasteiger charge is -2.10. The molecule has 0 aromatic heterocycles. The summed E-state index contributed by atoms with van der Waals surface area (Å²) in [4.78, 5) is 10.2. The Bertz CT molecular complexity index is 647. The van der Waals surface area contributed by atoms with Crippen LogP contribution in [0.2, 0.25) is 5.02 Å². The minimum atomic E-state index is -0.471. The van der Waals surface area contributed by atoms with Gasteiger partial charge in [-0.1, -0.05) is 23.7 Å². The van der Waals surface area contributed by atoms with Gasteiger partial charge in [0.15, 0.2) is 0 Å². The summed E-state index contributed by atoms with van der Waals surface area (Å²) in [5, 5.41) is 14.1. The first-order valence-corrected chi connectivity index (χ1v) is 6.87. The molecule has 0 saturated carbocycles. The number of benzene rings is 2. The fourth-order valence-electron chi connectivity index (χ4n) is 1.87. The van der Waals surface area contributed by atoms with E-state index in [9.17, 15) is 10.1 Å². The second kappa shape index (κ2) is 6.95. The largest absolute Gasteiger partial charge is 0.494 e. The molecule has 110 valence electrons. The molecule has 2 aromatic carbocycles. The van der Waals surface area contributed by atoms with E-state index in [2.05, 4.69) is 5.32 Å². The molecule has 6 heteroatoms.